The summed E-state index contributed by atoms with van der Waals surface area (Å²) < 4.78 is 2.18. The molecule has 1 heterocycles. The summed E-state index contributed by atoms with van der Waals surface area (Å²) in [7, 11) is 0. The first kappa shape index (κ1) is 23.1. The zero-order chi connectivity index (χ0) is 22.1. The number of benzene rings is 2. The number of hydrogen-bond donors (Lipinski definition) is 0. The highest BCUT2D eigenvalue weighted by Gasteiger charge is 2.17. The van der Waals surface area contributed by atoms with E-state index in [-0.39, 0.29) is 5.91 Å². The van der Waals surface area contributed by atoms with Gasteiger partial charge in [-0.2, -0.15) is 0 Å². The number of carbonyl (C=O) groups is 1. The van der Waals surface area contributed by atoms with Gasteiger partial charge >= 0.3 is 0 Å². The van der Waals surface area contributed by atoms with Crippen LogP contribution in [-0.4, -0.2) is 21.9 Å². The third kappa shape index (κ3) is 6.48. The molecule has 0 bridgehead atoms. The number of amides is 1. The van der Waals surface area contributed by atoms with E-state index in [1.54, 1.807) is 0 Å². The van der Waals surface area contributed by atoms with Gasteiger partial charge in [-0.3, -0.25) is 4.79 Å². The number of rotatable bonds is 11. The van der Waals surface area contributed by atoms with Crippen molar-refractivity contribution in [3.8, 4) is 0 Å². The van der Waals surface area contributed by atoms with Gasteiger partial charge in [0.25, 0.3) is 5.91 Å². The van der Waals surface area contributed by atoms with E-state index < -0.39 is 0 Å². The van der Waals surface area contributed by atoms with Gasteiger partial charge in [0.15, 0.2) is 0 Å². The first-order valence-electron chi connectivity index (χ1n) is 11.4. The Hall–Kier alpha value is -2.52. The molecule has 0 unspecified atom stereocenters. The van der Waals surface area contributed by atoms with Crippen molar-refractivity contribution in [1.29, 1.82) is 0 Å². The lowest BCUT2D eigenvalue weighted by Gasteiger charge is -2.24. The average molecular weight is 437 g/mol. The van der Waals surface area contributed by atoms with E-state index in [4.69, 9.17) is 11.6 Å². The van der Waals surface area contributed by atoms with E-state index in [1.165, 1.54) is 18.4 Å². The topological polar surface area (TPSA) is 25.2 Å². The largest absolute Gasteiger partial charge is 0.345 e. The molecule has 0 atom stereocenters. The van der Waals surface area contributed by atoms with Crippen molar-refractivity contribution in [2.45, 2.75) is 59.0 Å². The van der Waals surface area contributed by atoms with Crippen molar-refractivity contribution in [3.63, 3.8) is 0 Å². The molecular formula is C27H33ClN2O. The fourth-order valence-electron chi connectivity index (χ4n) is 3.73. The van der Waals surface area contributed by atoms with Crippen molar-refractivity contribution < 1.29 is 4.79 Å². The van der Waals surface area contributed by atoms with Crippen molar-refractivity contribution >= 4 is 17.5 Å². The zero-order valence-electron chi connectivity index (χ0n) is 18.7. The Bertz CT molecular complexity index is 961. The van der Waals surface area contributed by atoms with Gasteiger partial charge in [0.2, 0.25) is 0 Å². The Balaban J connectivity index is 1.75. The molecule has 0 spiro atoms. The predicted molar refractivity (Wildman–Crippen MR) is 130 cm³/mol. The lowest BCUT2D eigenvalue weighted by molar-refractivity contribution is 0.0737. The number of nitrogens with zero attached hydrogens (tertiary/aromatic N) is 2. The number of hydrogen-bond acceptors (Lipinski definition) is 1. The summed E-state index contributed by atoms with van der Waals surface area (Å²) in [4.78, 5) is 15.3. The van der Waals surface area contributed by atoms with Gasteiger partial charge in [-0.1, -0.05) is 68.6 Å². The van der Waals surface area contributed by atoms with Crippen molar-refractivity contribution in [2.75, 3.05) is 6.54 Å². The molecule has 0 saturated heterocycles. The van der Waals surface area contributed by atoms with E-state index in [1.807, 2.05) is 47.4 Å². The monoisotopic (exact) mass is 436 g/mol. The molecule has 3 rings (SSSR count). The van der Waals surface area contributed by atoms with E-state index in [0.29, 0.717) is 13.1 Å². The summed E-state index contributed by atoms with van der Waals surface area (Å²) in [6.45, 7) is 6.40. The minimum absolute atomic E-state index is 0.0981. The summed E-state index contributed by atoms with van der Waals surface area (Å²) in [6, 6.07) is 20.2. The molecule has 31 heavy (non-hydrogen) atoms. The maximum atomic E-state index is 13.3. The van der Waals surface area contributed by atoms with Crippen LogP contribution in [0.5, 0.6) is 0 Å². The molecule has 0 aliphatic heterocycles. The van der Waals surface area contributed by atoms with Gasteiger partial charge in [-0.25, -0.2) is 0 Å². The molecule has 0 fully saturated rings. The Labute approximate surface area is 191 Å². The molecule has 1 amide bonds. The summed E-state index contributed by atoms with van der Waals surface area (Å²) in [5.41, 5.74) is 4.26. The number of halogens is 1. The molecule has 164 valence electrons. The Kier molecular flexibility index (Phi) is 8.78. The van der Waals surface area contributed by atoms with E-state index in [9.17, 15) is 4.79 Å². The predicted octanol–water partition coefficient (Wildman–Crippen LogP) is 6.97. The lowest BCUT2D eigenvalue weighted by atomic mass is 10.1. The molecule has 2 aromatic carbocycles. The quantitative estimate of drug-likeness (QED) is 0.318. The van der Waals surface area contributed by atoms with Gasteiger partial charge in [0.05, 0.1) is 6.54 Å². The zero-order valence-corrected chi connectivity index (χ0v) is 19.4. The number of aryl methyl sites for hydroxylation is 1. The second kappa shape index (κ2) is 11.8. The summed E-state index contributed by atoms with van der Waals surface area (Å²) in [6.07, 6.45) is 7.54. The molecule has 0 N–H and O–H groups in total. The minimum Gasteiger partial charge on any atom is -0.345 e. The second-order valence-electron chi connectivity index (χ2n) is 8.10. The van der Waals surface area contributed by atoms with Crippen LogP contribution in [0.25, 0.3) is 0 Å². The Morgan fingerprint density at radius 3 is 2.39 bits per heavy atom. The molecule has 0 radical (unpaired) electrons. The fourth-order valence-corrected chi connectivity index (χ4v) is 3.93. The molecule has 0 aliphatic carbocycles. The molecule has 3 nitrogen and oxygen atoms in total. The van der Waals surface area contributed by atoms with Crippen LogP contribution >= 0.6 is 11.6 Å². The third-order valence-corrected chi connectivity index (χ3v) is 6.03. The smallest absolute Gasteiger partial charge is 0.254 e. The summed E-state index contributed by atoms with van der Waals surface area (Å²) in [5.74, 6) is 0.0981. The van der Waals surface area contributed by atoms with E-state index >= 15 is 0 Å². The van der Waals surface area contributed by atoms with Crippen molar-refractivity contribution in [1.82, 2.24) is 9.47 Å². The highest BCUT2D eigenvalue weighted by molar-refractivity contribution is 6.31. The van der Waals surface area contributed by atoms with Gasteiger partial charge in [0.1, 0.15) is 0 Å². The molecule has 0 saturated carbocycles. The maximum Gasteiger partial charge on any atom is 0.254 e. The van der Waals surface area contributed by atoms with Crippen LogP contribution in [0, 0.1) is 0 Å². The first-order chi connectivity index (χ1) is 15.1. The van der Waals surface area contributed by atoms with Gasteiger partial charge < -0.3 is 9.47 Å². The minimum atomic E-state index is 0.0981. The Morgan fingerprint density at radius 1 is 0.935 bits per heavy atom. The first-order valence-corrected chi connectivity index (χ1v) is 11.8. The summed E-state index contributed by atoms with van der Waals surface area (Å²) >= 11 is 6.36. The third-order valence-electron chi connectivity index (χ3n) is 5.66. The van der Waals surface area contributed by atoms with E-state index in [2.05, 4.69) is 42.8 Å². The van der Waals surface area contributed by atoms with Gasteiger partial charge in [0, 0.05) is 35.6 Å². The number of unbranched alkanes of at least 4 members (excludes halogenated alkanes) is 2. The normalized spacial score (nSPS) is 10.9. The molecular weight excluding hydrogens is 404 g/mol. The Morgan fingerprint density at radius 2 is 1.68 bits per heavy atom. The lowest BCUT2D eigenvalue weighted by Crippen LogP contribution is -2.32. The van der Waals surface area contributed by atoms with Crippen LogP contribution in [0.15, 0.2) is 66.9 Å². The molecule has 4 heteroatoms. The molecule has 3 aromatic rings. The molecule has 0 aliphatic rings. The maximum absolute atomic E-state index is 13.3. The second-order valence-corrected chi connectivity index (χ2v) is 8.51. The van der Waals surface area contributed by atoms with Crippen LogP contribution < -0.4 is 0 Å². The van der Waals surface area contributed by atoms with Crippen LogP contribution in [0.4, 0.5) is 0 Å². The van der Waals surface area contributed by atoms with E-state index in [0.717, 1.165) is 47.7 Å². The SMILES string of the molecule is CCCCc1ccc(C(=O)N(CCCC)Cc2cccn2Cc2ccccc2Cl)cc1. The van der Waals surface area contributed by atoms with Crippen LogP contribution in [0.2, 0.25) is 5.02 Å². The van der Waals surface area contributed by atoms with Gasteiger partial charge in [-0.05, 0) is 60.7 Å². The standard InChI is InChI=1S/C27H33ClN2O/c1-3-5-10-22-14-16-23(17-15-22)27(31)30(18-6-4-2)21-25-12-9-19-29(25)20-24-11-7-8-13-26(24)28/h7-9,11-17,19H,3-6,10,18,20-21H2,1-2H3. The fraction of sp³-hybridized carbons (Fsp3) is 0.370. The number of carbonyl (C=O) groups excluding carboxylic acids is 1. The van der Waals surface area contributed by atoms with Crippen molar-refractivity contribution in [2.24, 2.45) is 0 Å². The molecule has 1 aromatic heterocycles. The number of aromatic nitrogens is 1. The van der Waals surface area contributed by atoms with Crippen molar-refractivity contribution in [3.05, 3.63) is 94.3 Å². The van der Waals surface area contributed by atoms with Gasteiger partial charge in [-0.15, -0.1) is 0 Å². The average Bonchev–Trinajstić information content (AvgIpc) is 3.23. The van der Waals surface area contributed by atoms with Crippen LogP contribution in [0.1, 0.15) is 66.7 Å². The summed E-state index contributed by atoms with van der Waals surface area (Å²) in [5, 5.41) is 0.768. The highest BCUT2D eigenvalue weighted by atomic mass is 35.5. The van der Waals surface area contributed by atoms with Crippen LogP contribution in [0.3, 0.4) is 0 Å². The van der Waals surface area contributed by atoms with Crippen LogP contribution in [-0.2, 0) is 19.5 Å². The highest BCUT2D eigenvalue weighted by Crippen LogP contribution is 2.19.